The quantitative estimate of drug-likeness (QED) is 0.267. The lowest BCUT2D eigenvalue weighted by molar-refractivity contribution is -0.130. The van der Waals surface area contributed by atoms with E-state index in [1.165, 1.54) is 4.57 Å². The summed E-state index contributed by atoms with van der Waals surface area (Å²) < 4.78 is 20.9. The molecule has 5 rings (SSSR count). The summed E-state index contributed by atoms with van der Waals surface area (Å²) in [7, 11) is 0. The van der Waals surface area contributed by atoms with E-state index < -0.39 is 23.1 Å². The molecular formula is C23H19FN4O5. The molecule has 0 amide bonds. The second-order valence-electron chi connectivity index (χ2n) is 8.16. The van der Waals surface area contributed by atoms with Gasteiger partial charge in [0.25, 0.3) is 5.56 Å². The van der Waals surface area contributed by atoms with Gasteiger partial charge in [0.2, 0.25) is 0 Å². The molecule has 2 saturated carbocycles. The summed E-state index contributed by atoms with van der Waals surface area (Å²) in [6.45, 7) is 3.62. The van der Waals surface area contributed by atoms with Crippen LogP contribution in [0, 0.1) is 17.7 Å². The molecule has 3 aromatic rings. The maximum atomic E-state index is 13.0. The van der Waals surface area contributed by atoms with E-state index in [9.17, 15) is 23.9 Å². The van der Waals surface area contributed by atoms with E-state index in [2.05, 4.69) is 28.4 Å². The maximum Gasteiger partial charge on any atom is 0.339 e. The maximum absolute atomic E-state index is 13.0. The van der Waals surface area contributed by atoms with E-state index in [0.717, 1.165) is 43.9 Å². The molecule has 168 valence electrons. The van der Waals surface area contributed by atoms with Gasteiger partial charge in [0.1, 0.15) is 5.82 Å². The number of H-pyrrole nitrogens is 1. The van der Waals surface area contributed by atoms with Gasteiger partial charge in [-0.3, -0.25) is 13.9 Å². The van der Waals surface area contributed by atoms with Gasteiger partial charge in [0, 0.05) is 30.1 Å². The van der Waals surface area contributed by atoms with Crippen molar-refractivity contribution in [3.05, 3.63) is 62.8 Å². The fraction of sp³-hybridized carbons (Fsp3) is 0.304. The zero-order valence-corrected chi connectivity index (χ0v) is 17.4. The number of imidazole rings is 1. The third-order valence-electron chi connectivity index (χ3n) is 5.50. The molecule has 0 bridgehead atoms. The van der Waals surface area contributed by atoms with Crippen molar-refractivity contribution in [2.75, 3.05) is 0 Å². The van der Waals surface area contributed by atoms with Crippen LogP contribution in [0.1, 0.15) is 50.0 Å². The van der Waals surface area contributed by atoms with Crippen molar-refractivity contribution >= 4 is 17.1 Å². The van der Waals surface area contributed by atoms with Crippen LogP contribution < -0.4 is 16.0 Å². The van der Waals surface area contributed by atoms with Crippen LogP contribution in [0.15, 0.2) is 39.9 Å². The number of rotatable bonds is 5. The number of halogens is 1. The number of hydrogen-bond acceptors (Lipinski definition) is 6. The number of phenols is 1. The number of nitrogens with zero attached hydrogens (tertiary/aromatic N) is 3. The topological polar surface area (TPSA) is 119 Å². The predicted molar refractivity (Wildman–Crippen MR) is 115 cm³/mol. The number of hydrogen-bond donors (Lipinski definition) is 2. The molecule has 2 aliphatic carbocycles. The van der Waals surface area contributed by atoms with Crippen LogP contribution in [0.4, 0.5) is 4.39 Å². The Labute approximate surface area is 186 Å². The number of benzene rings is 1. The highest BCUT2D eigenvalue weighted by Gasteiger charge is 2.34. The first-order valence-electron chi connectivity index (χ1n) is 10.5. The third-order valence-corrected chi connectivity index (χ3v) is 5.50. The molecule has 0 spiro atoms. The van der Waals surface area contributed by atoms with E-state index >= 15 is 0 Å². The molecule has 0 unspecified atom stereocenters. The molecule has 33 heavy (non-hydrogen) atoms. The van der Waals surface area contributed by atoms with Crippen molar-refractivity contribution in [3.63, 3.8) is 0 Å². The van der Waals surface area contributed by atoms with Crippen LogP contribution in [0.25, 0.3) is 11.2 Å². The number of aromatic nitrogens is 4. The molecule has 0 saturated heterocycles. The highest BCUT2D eigenvalue weighted by molar-refractivity contribution is 5.90. The molecule has 2 fully saturated rings. The Morgan fingerprint density at radius 1 is 1.24 bits per heavy atom. The zero-order valence-electron chi connectivity index (χ0n) is 17.4. The van der Waals surface area contributed by atoms with Crippen LogP contribution in [0.2, 0.25) is 0 Å². The summed E-state index contributed by atoms with van der Waals surface area (Å²) in [4.78, 5) is 45.1. The van der Waals surface area contributed by atoms with Gasteiger partial charge in [0.15, 0.2) is 28.5 Å². The number of nitrogens with one attached hydrogen (secondary N) is 1. The number of aromatic hydroxyl groups is 1. The van der Waals surface area contributed by atoms with Crippen molar-refractivity contribution in [2.24, 2.45) is 0 Å². The highest BCUT2D eigenvalue weighted by Crippen LogP contribution is 2.36. The van der Waals surface area contributed by atoms with Crippen molar-refractivity contribution < 1.29 is 19.0 Å². The molecule has 9 nitrogen and oxygen atoms in total. The fourth-order valence-corrected chi connectivity index (χ4v) is 3.53. The van der Waals surface area contributed by atoms with Gasteiger partial charge in [-0.2, -0.15) is 0 Å². The summed E-state index contributed by atoms with van der Waals surface area (Å²) in [6, 6.07) is 2.97. The van der Waals surface area contributed by atoms with Crippen molar-refractivity contribution in [1.29, 1.82) is 0 Å². The Morgan fingerprint density at radius 3 is 2.61 bits per heavy atom. The van der Waals surface area contributed by atoms with Gasteiger partial charge < -0.3 is 14.8 Å². The first-order chi connectivity index (χ1) is 15.8. The molecule has 2 N–H and O–H groups in total. The molecular weight excluding hydrogens is 431 g/mol. The van der Waals surface area contributed by atoms with Gasteiger partial charge in [-0.25, -0.2) is 19.0 Å². The monoisotopic (exact) mass is 450 g/mol. The Bertz CT molecular complexity index is 1500. The van der Waals surface area contributed by atoms with Gasteiger partial charge in [-0.05, 0) is 43.7 Å². The van der Waals surface area contributed by atoms with E-state index in [0.29, 0.717) is 5.65 Å². The lowest BCUT2D eigenvalue weighted by atomic mass is 10.2. The number of carbonyl (C=O) groups excluding carboxylic acids is 1. The Kier molecular flexibility index (Phi) is 4.89. The van der Waals surface area contributed by atoms with Crippen LogP contribution in [-0.4, -0.2) is 30.2 Å². The van der Waals surface area contributed by atoms with Gasteiger partial charge in [-0.1, -0.05) is 12.5 Å². The summed E-state index contributed by atoms with van der Waals surface area (Å²) in [6.07, 6.45) is 3.26. The minimum atomic E-state index is -0.828. The zero-order chi connectivity index (χ0) is 23.3. The summed E-state index contributed by atoms with van der Waals surface area (Å²) in [5, 5.41) is 9.64. The van der Waals surface area contributed by atoms with E-state index in [-0.39, 0.29) is 46.9 Å². The SMILES string of the molecule is C=C(CC#Cc1nc2c([nH]1)c(=O)n(C1CC1)c(=O)n2C1CC1)C(=O)Oc1ccc(F)cc1O. The van der Waals surface area contributed by atoms with Gasteiger partial charge >= 0.3 is 11.7 Å². The van der Waals surface area contributed by atoms with Crippen LogP contribution in [0.5, 0.6) is 11.5 Å². The van der Waals surface area contributed by atoms with Crippen LogP contribution in [0.3, 0.4) is 0 Å². The smallest absolute Gasteiger partial charge is 0.339 e. The number of carbonyl (C=O) groups is 1. The fourth-order valence-electron chi connectivity index (χ4n) is 3.53. The lowest BCUT2D eigenvalue weighted by Crippen LogP contribution is -2.39. The number of phenolic OH excluding ortho intramolecular Hbond substituents is 1. The largest absolute Gasteiger partial charge is 0.504 e. The number of ether oxygens (including phenoxy) is 1. The van der Waals surface area contributed by atoms with Gasteiger partial charge in [0.05, 0.1) is 0 Å². The second kappa shape index (κ2) is 7.78. The van der Waals surface area contributed by atoms with Crippen molar-refractivity contribution in [2.45, 2.75) is 44.2 Å². The lowest BCUT2D eigenvalue weighted by Gasteiger charge is -2.09. The molecule has 2 aromatic heterocycles. The summed E-state index contributed by atoms with van der Waals surface area (Å²) in [5.41, 5.74) is -0.194. The molecule has 1 aromatic carbocycles. The Balaban J connectivity index is 1.37. The second-order valence-corrected chi connectivity index (χ2v) is 8.16. The number of fused-ring (bicyclic) bond motifs is 1. The van der Waals surface area contributed by atoms with Crippen LogP contribution in [-0.2, 0) is 4.79 Å². The minimum Gasteiger partial charge on any atom is -0.504 e. The Morgan fingerprint density at radius 2 is 1.94 bits per heavy atom. The standard InChI is InChI=1S/C23H19FN4O5/c1-12(22(31)33-17-10-5-13(24)11-16(17)29)3-2-4-18-25-19-20(26-18)27(14-6-7-14)23(32)28(21(19)30)15-8-9-15/h5,10-11,14-15,29H,1,3,6-9H2,(H,25,26). The van der Waals surface area contributed by atoms with Crippen molar-refractivity contribution in [3.8, 4) is 23.3 Å². The molecule has 2 heterocycles. The summed E-state index contributed by atoms with van der Waals surface area (Å²) in [5.74, 6) is 3.48. The predicted octanol–water partition coefficient (Wildman–Crippen LogP) is 2.30. The average molecular weight is 450 g/mol. The first kappa shape index (κ1) is 20.8. The molecule has 0 radical (unpaired) electrons. The first-order valence-corrected chi connectivity index (χ1v) is 10.5. The molecule has 0 aliphatic heterocycles. The molecule has 2 aliphatic rings. The minimum absolute atomic E-state index is 0.00770. The van der Waals surface area contributed by atoms with E-state index in [1.54, 1.807) is 4.57 Å². The number of aromatic amines is 1. The third kappa shape index (κ3) is 3.93. The van der Waals surface area contributed by atoms with Crippen molar-refractivity contribution in [1.82, 2.24) is 19.1 Å². The number of esters is 1. The molecule has 0 atom stereocenters. The van der Waals surface area contributed by atoms with E-state index in [1.807, 2.05) is 0 Å². The average Bonchev–Trinajstić information content (AvgIpc) is 3.69. The highest BCUT2D eigenvalue weighted by atomic mass is 19.1. The molecule has 10 heteroatoms. The normalized spacial score (nSPS) is 15.2. The van der Waals surface area contributed by atoms with E-state index in [4.69, 9.17) is 4.74 Å². The summed E-state index contributed by atoms with van der Waals surface area (Å²) >= 11 is 0. The van der Waals surface area contributed by atoms with Gasteiger partial charge in [-0.15, -0.1) is 0 Å². The van der Waals surface area contributed by atoms with Crippen LogP contribution >= 0.6 is 0 Å². The Hall–Kier alpha value is -4.13.